The van der Waals surface area contributed by atoms with Gasteiger partial charge in [-0.3, -0.25) is 0 Å². The zero-order valence-corrected chi connectivity index (χ0v) is 42.5. The van der Waals surface area contributed by atoms with Gasteiger partial charge in [-0.2, -0.15) is 10.5 Å². The second kappa shape index (κ2) is 16.2. The third-order valence-electron chi connectivity index (χ3n) is 16.7. The molecule has 11 aromatic carbocycles. The molecule has 7 nitrogen and oxygen atoms in total. The third-order valence-corrected chi connectivity index (χ3v) is 16.7. The number of nitriles is 2. The number of furan rings is 1. The minimum absolute atomic E-state index is 0.282. The van der Waals surface area contributed by atoms with Gasteiger partial charge in [0.1, 0.15) is 23.3 Å². The Labute approximate surface area is 448 Å². The van der Waals surface area contributed by atoms with Crippen LogP contribution in [-0.2, 0) is 5.41 Å². The number of rotatable bonds is 6. The standard InChI is InChI=1S/C71H44N6O/c1-71(2)58-25-13-9-21-49(58)54-39-56-55-37-48(75-60-26-14-10-22-50(60)51-23-11-15-27-61(51)75)30-32-62(55)77(67(56)40-59(54)71)66-36-43(41-72)65(35-44(66)42-73)76-63-33-29-47(74(45-17-5-3-6-18-45)46-19-7-4-8-20-46)38-57(63)69-64(76)34-31-53-52-24-12-16-28-68(52)78-70(53)69/h3-40H,1-2H3. The van der Waals surface area contributed by atoms with Crippen LogP contribution in [0.5, 0.6) is 0 Å². The first-order valence-corrected chi connectivity index (χ1v) is 26.4. The first-order chi connectivity index (χ1) is 38.4. The van der Waals surface area contributed by atoms with Gasteiger partial charge in [0.15, 0.2) is 0 Å². The molecule has 7 heteroatoms. The number of anilines is 3. The largest absolute Gasteiger partial charge is 0.455 e. The van der Waals surface area contributed by atoms with Crippen molar-refractivity contribution in [1.29, 1.82) is 10.5 Å². The van der Waals surface area contributed by atoms with Crippen LogP contribution in [0.25, 0.3) is 116 Å². The summed E-state index contributed by atoms with van der Waals surface area (Å²) in [7, 11) is 0. The van der Waals surface area contributed by atoms with Gasteiger partial charge in [-0.1, -0.05) is 129 Å². The Kier molecular flexibility index (Phi) is 9.09. The lowest BCUT2D eigenvalue weighted by Gasteiger charge is -2.25. The van der Waals surface area contributed by atoms with Crippen molar-refractivity contribution in [2.24, 2.45) is 0 Å². The van der Waals surface area contributed by atoms with Crippen LogP contribution >= 0.6 is 0 Å². The first-order valence-electron chi connectivity index (χ1n) is 26.4. The van der Waals surface area contributed by atoms with Crippen molar-refractivity contribution in [3.05, 3.63) is 253 Å². The molecule has 16 rings (SSSR count). The maximum Gasteiger partial charge on any atom is 0.145 e. The van der Waals surface area contributed by atoms with E-state index in [1.54, 1.807) is 0 Å². The molecule has 1 aliphatic carbocycles. The average molecular weight is 997 g/mol. The molecule has 1 aliphatic rings. The SMILES string of the molecule is CC1(C)c2ccccc2-c2cc3c4cc(-n5c6ccccc6c6ccccc65)ccc4n(-c4cc(C#N)c(-n5c6ccc(N(c7ccccc7)c7ccccc7)cc6c6c7oc8ccccc8c7ccc65)cc4C#N)c3cc21. The number of fused-ring (bicyclic) bond motifs is 16. The van der Waals surface area contributed by atoms with Gasteiger partial charge in [0.25, 0.3) is 0 Å². The third kappa shape index (κ3) is 6.01. The van der Waals surface area contributed by atoms with Gasteiger partial charge in [0, 0.05) is 65.9 Å². The lowest BCUT2D eigenvalue weighted by atomic mass is 9.82. The maximum atomic E-state index is 11.6. The highest BCUT2D eigenvalue weighted by atomic mass is 16.3. The maximum absolute atomic E-state index is 11.6. The van der Waals surface area contributed by atoms with Gasteiger partial charge in [0.05, 0.1) is 61.0 Å². The van der Waals surface area contributed by atoms with E-state index in [9.17, 15) is 10.5 Å². The Hall–Kier alpha value is -10.6. The zero-order chi connectivity index (χ0) is 52.0. The van der Waals surface area contributed by atoms with Gasteiger partial charge in [0.2, 0.25) is 0 Å². The summed E-state index contributed by atoms with van der Waals surface area (Å²) in [4.78, 5) is 2.26. The van der Waals surface area contributed by atoms with E-state index in [1.807, 2.05) is 42.5 Å². The van der Waals surface area contributed by atoms with E-state index < -0.39 is 0 Å². The van der Waals surface area contributed by atoms with Crippen molar-refractivity contribution >= 4 is 104 Å². The molecular formula is C71H44N6O. The fourth-order valence-corrected chi connectivity index (χ4v) is 13.2. The molecule has 0 aliphatic heterocycles. The minimum Gasteiger partial charge on any atom is -0.455 e. The first kappa shape index (κ1) is 43.8. The Morgan fingerprint density at radius 1 is 0.385 bits per heavy atom. The molecule has 0 saturated heterocycles. The molecule has 0 atom stereocenters. The van der Waals surface area contributed by atoms with Crippen molar-refractivity contribution in [2.75, 3.05) is 4.90 Å². The molecule has 0 N–H and O–H groups in total. The topological polar surface area (TPSA) is 78.8 Å². The summed E-state index contributed by atoms with van der Waals surface area (Å²) in [5.74, 6) is 0. The summed E-state index contributed by atoms with van der Waals surface area (Å²) in [6.45, 7) is 4.60. The Bertz CT molecular complexity index is 5060. The quantitative estimate of drug-likeness (QED) is 0.166. The molecule has 78 heavy (non-hydrogen) atoms. The van der Waals surface area contributed by atoms with Crippen molar-refractivity contribution in [1.82, 2.24) is 13.7 Å². The minimum atomic E-state index is -0.282. The molecule has 0 fully saturated rings. The molecular weight excluding hydrogens is 953 g/mol. The number of aromatic nitrogens is 3. The van der Waals surface area contributed by atoms with Gasteiger partial charge < -0.3 is 23.0 Å². The van der Waals surface area contributed by atoms with E-state index in [0.717, 1.165) is 99.3 Å². The van der Waals surface area contributed by atoms with Crippen LogP contribution in [0.1, 0.15) is 36.1 Å². The van der Waals surface area contributed by atoms with Crippen LogP contribution in [0.2, 0.25) is 0 Å². The van der Waals surface area contributed by atoms with Crippen LogP contribution in [0, 0.1) is 22.7 Å². The molecule has 15 aromatic rings. The van der Waals surface area contributed by atoms with Crippen molar-refractivity contribution < 1.29 is 4.42 Å². The molecule has 0 amide bonds. The van der Waals surface area contributed by atoms with E-state index >= 15 is 0 Å². The lowest BCUT2D eigenvalue weighted by Crippen LogP contribution is -2.15. The Balaban J connectivity index is 0.963. The highest BCUT2D eigenvalue weighted by Gasteiger charge is 2.36. The second-order valence-corrected chi connectivity index (χ2v) is 21.1. The molecule has 0 spiro atoms. The molecule has 364 valence electrons. The van der Waals surface area contributed by atoms with Crippen LogP contribution < -0.4 is 4.90 Å². The highest BCUT2D eigenvalue weighted by molar-refractivity contribution is 6.24. The monoisotopic (exact) mass is 996 g/mol. The van der Waals surface area contributed by atoms with Gasteiger partial charge in [-0.05, 0) is 138 Å². The molecule has 4 heterocycles. The summed E-state index contributed by atoms with van der Waals surface area (Å²) >= 11 is 0. The van der Waals surface area contributed by atoms with Crippen molar-refractivity contribution in [3.8, 4) is 40.3 Å². The summed E-state index contributed by atoms with van der Waals surface area (Å²) in [5.41, 5.74) is 18.3. The molecule has 0 saturated carbocycles. The average Bonchev–Trinajstić information content (AvgIpc) is 4.42. The van der Waals surface area contributed by atoms with Crippen LogP contribution in [0.15, 0.2) is 235 Å². The van der Waals surface area contributed by atoms with E-state index in [-0.39, 0.29) is 5.41 Å². The van der Waals surface area contributed by atoms with Crippen LogP contribution in [0.4, 0.5) is 17.1 Å². The summed E-state index contributed by atoms with van der Waals surface area (Å²) in [6, 6.07) is 86.2. The van der Waals surface area contributed by atoms with Crippen molar-refractivity contribution in [3.63, 3.8) is 0 Å². The molecule has 0 bridgehead atoms. The molecule has 4 aromatic heterocycles. The zero-order valence-electron chi connectivity index (χ0n) is 42.5. The predicted octanol–water partition coefficient (Wildman–Crippen LogP) is 18.4. The number of benzene rings is 11. The Morgan fingerprint density at radius 3 is 1.63 bits per heavy atom. The van der Waals surface area contributed by atoms with E-state index in [1.165, 1.54) is 33.0 Å². The highest BCUT2D eigenvalue weighted by Crippen LogP contribution is 2.52. The number of para-hydroxylation sites is 5. The fraction of sp³-hybridized carbons (Fsp3) is 0.0423. The fourth-order valence-electron chi connectivity index (χ4n) is 13.2. The normalized spacial score (nSPS) is 12.8. The summed E-state index contributed by atoms with van der Waals surface area (Å²) in [5, 5.41) is 31.5. The lowest BCUT2D eigenvalue weighted by molar-refractivity contribution is 0.661. The summed E-state index contributed by atoms with van der Waals surface area (Å²) in [6.07, 6.45) is 0. The second-order valence-electron chi connectivity index (χ2n) is 21.1. The van der Waals surface area contributed by atoms with Crippen LogP contribution in [0.3, 0.4) is 0 Å². The van der Waals surface area contributed by atoms with E-state index in [2.05, 4.69) is 233 Å². The number of hydrogen-bond acceptors (Lipinski definition) is 4. The molecule has 0 radical (unpaired) electrons. The van der Waals surface area contributed by atoms with Gasteiger partial charge in [-0.25, -0.2) is 0 Å². The van der Waals surface area contributed by atoms with Crippen LogP contribution in [-0.4, -0.2) is 13.7 Å². The van der Waals surface area contributed by atoms with E-state index in [0.29, 0.717) is 22.5 Å². The Morgan fingerprint density at radius 2 is 0.936 bits per heavy atom. The van der Waals surface area contributed by atoms with Crippen molar-refractivity contribution in [2.45, 2.75) is 19.3 Å². The van der Waals surface area contributed by atoms with Gasteiger partial charge >= 0.3 is 0 Å². The smallest absolute Gasteiger partial charge is 0.145 e. The number of hydrogen-bond donors (Lipinski definition) is 0. The predicted molar refractivity (Wildman–Crippen MR) is 318 cm³/mol. The summed E-state index contributed by atoms with van der Waals surface area (Å²) < 4.78 is 13.6. The number of nitrogens with zero attached hydrogens (tertiary/aromatic N) is 6. The van der Waals surface area contributed by atoms with E-state index in [4.69, 9.17) is 4.42 Å². The molecule has 0 unspecified atom stereocenters. The van der Waals surface area contributed by atoms with Gasteiger partial charge in [-0.15, -0.1) is 0 Å².